The number of nitrogens with zero attached hydrogens (tertiary/aromatic N) is 1. The van der Waals surface area contributed by atoms with E-state index in [0.29, 0.717) is 30.3 Å². The Hall–Kier alpha value is -1.36. The average molecular weight is 481 g/mol. The van der Waals surface area contributed by atoms with Gasteiger partial charge in [0.15, 0.2) is 15.8 Å². The van der Waals surface area contributed by atoms with E-state index in [1.165, 1.54) is 12.1 Å². The van der Waals surface area contributed by atoms with Crippen molar-refractivity contribution in [1.29, 1.82) is 0 Å². The molecule has 1 fully saturated rings. The largest absolute Gasteiger partial charge is 0.459 e. The molecule has 0 amide bonds. The molecule has 1 aliphatic heterocycles. The van der Waals surface area contributed by atoms with Crippen LogP contribution in [0.15, 0.2) is 27.6 Å². The van der Waals surface area contributed by atoms with Crippen LogP contribution in [0.5, 0.6) is 0 Å². The third-order valence-corrected chi connectivity index (χ3v) is 5.98. The lowest BCUT2D eigenvalue weighted by atomic mass is 10.1. The van der Waals surface area contributed by atoms with Gasteiger partial charge in [-0.1, -0.05) is 0 Å². The highest BCUT2D eigenvalue weighted by Crippen LogP contribution is 2.25. The number of hydrogen-bond donors (Lipinski definition) is 2. The molecule has 9 heteroatoms. The van der Waals surface area contributed by atoms with E-state index in [4.69, 9.17) is 4.42 Å². The Morgan fingerprint density at radius 2 is 2.20 bits per heavy atom. The van der Waals surface area contributed by atoms with Gasteiger partial charge < -0.3 is 15.1 Å². The second-order valence-corrected chi connectivity index (χ2v) is 8.19. The maximum atomic E-state index is 13.3. The summed E-state index contributed by atoms with van der Waals surface area (Å²) >= 11 is 0. The van der Waals surface area contributed by atoms with Gasteiger partial charge in [-0.15, -0.1) is 24.0 Å². The lowest BCUT2D eigenvalue weighted by molar-refractivity contribution is 0.531. The molecule has 1 saturated heterocycles. The number of furan rings is 1. The summed E-state index contributed by atoms with van der Waals surface area (Å²) in [6.07, 6.45) is 0.575. The van der Waals surface area contributed by atoms with Crippen LogP contribution >= 0.6 is 24.0 Å². The number of aliphatic imine (C=N–C) groups is 1. The van der Waals surface area contributed by atoms with Crippen LogP contribution in [0, 0.1) is 12.7 Å². The molecule has 25 heavy (non-hydrogen) atoms. The summed E-state index contributed by atoms with van der Waals surface area (Å²) in [5.74, 6) is 1.23. The Morgan fingerprint density at radius 3 is 2.84 bits per heavy atom. The number of fused-ring (bicyclic) bond motifs is 1. The molecule has 1 aromatic heterocycles. The van der Waals surface area contributed by atoms with E-state index in [0.717, 1.165) is 10.9 Å². The van der Waals surface area contributed by atoms with Gasteiger partial charge in [-0.2, -0.15) is 0 Å². The zero-order chi connectivity index (χ0) is 17.3. The van der Waals surface area contributed by atoms with Gasteiger partial charge in [0.2, 0.25) is 0 Å². The Kier molecular flexibility index (Phi) is 6.30. The van der Waals surface area contributed by atoms with Crippen molar-refractivity contribution in [1.82, 2.24) is 10.6 Å². The highest BCUT2D eigenvalue weighted by Gasteiger charge is 2.28. The van der Waals surface area contributed by atoms with Crippen molar-refractivity contribution in [2.75, 3.05) is 18.6 Å². The minimum absolute atomic E-state index is 0. The number of halogens is 2. The summed E-state index contributed by atoms with van der Waals surface area (Å²) in [5.41, 5.74) is 1.51. The number of hydrogen-bond acceptors (Lipinski definition) is 4. The second-order valence-electron chi connectivity index (χ2n) is 5.96. The van der Waals surface area contributed by atoms with Gasteiger partial charge in [0.05, 0.1) is 18.1 Å². The summed E-state index contributed by atoms with van der Waals surface area (Å²) < 4.78 is 42.1. The lowest BCUT2D eigenvalue weighted by Gasteiger charge is -2.15. The van der Waals surface area contributed by atoms with Gasteiger partial charge in [-0.25, -0.2) is 12.8 Å². The predicted octanol–water partition coefficient (Wildman–Crippen LogP) is 2.35. The van der Waals surface area contributed by atoms with Crippen molar-refractivity contribution in [3.05, 3.63) is 35.3 Å². The normalized spacial score (nSPS) is 19.6. The molecule has 0 radical (unpaired) electrons. The van der Waals surface area contributed by atoms with E-state index in [9.17, 15) is 12.8 Å². The maximum Gasteiger partial charge on any atom is 0.191 e. The van der Waals surface area contributed by atoms with Crippen LogP contribution in [0.25, 0.3) is 11.0 Å². The molecular formula is C16H21FIN3O3S. The number of rotatable bonds is 3. The van der Waals surface area contributed by atoms with Gasteiger partial charge in [-0.05, 0) is 31.5 Å². The van der Waals surface area contributed by atoms with E-state index >= 15 is 0 Å². The number of guanidine groups is 1. The minimum Gasteiger partial charge on any atom is -0.459 e. The first-order valence-electron chi connectivity index (χ1n) is 7.73. The molecule has 1 atom stereocenters. The number of aryl methyl sites for hydroxylation is 1. The van der Waals surface area contributed by atoms with Crippen molar-refractivity contribution in [2.45, 2.75) is 25.9 Å². The predicted molar refractivity (Wildman–Crippen MR) is 107 cm³/mol. The fourth-order valence-corrected chi connectivity index (χ4v) is 4.55. The molecule has 0 saturated carbocycles. The molecule has 138 valence electrons. The van der Waals surface area contributed by atoms with E-state index in [2.05, 4.69) is 15.6 Å². The molecular weight excluding hydrogens is 460 g/mol. The molecule has 1 unspecified atom stereocenters. The molecule has 2 N–H and O–H groups in total. The molecule has 3 rings (SSSR count). The molecule has 6 nitrogen and oxygen atoms in total. The molecule has 2 aromatic rings. The number of sulfone groups is 1. The van der Waals surface area contributed by atoms with Crippen LogP contribution in [0.2, 0.25) is 0 Å². The van der Waals surface area contributed by atoms with Crippen LogP contribution in [-0.2, 0) is 16.4 Å². The van der Waals surface area contributed by atoms with Crippen molar-refractivity contribution in [3.8, 4) is 0 Å². The summed E-state index contributed by atoms with van der Waals surface area (Å²) in [6, 6.07) is 4.29. The van der Waals surface area contributed by atoms with Gasteiger partial charge in [0.1, 0.15) is 17.2 Å². The lowest BCUT2D eigenvalue weighted by Crippen LogP contribution is -2.43. The molecule has 2 heterocycles. The van der Waals surface area contributed by atoms with Crippen LogP contribution in [0.1, 0.15) is 17.7 Å². The smallest absolute Gasteiger partial charge is 0.191 e. The topological polar surface area (TPSA) is 83.7 Å². The molecule has 1 aromatic carbocycles. The summed E-state index contributed by atoms with van der Waals surface area (Å²) in [5, 5.41) is 6.97. The first-order chi connectivity index (χ1) is 11.4. The van der Waals surface area contributed by atoms with E-state index in [1.807, 2.05) is 6.92 Å². The average Bonchev–Trinajstić information content (AvgIpc) is 3.03. The SMILES string of the molecule is CN=C(NCc1oc2ccc(F)cc2c1C)NC1CCS(=O)(=O)C1.I. The summed E-state index contributed by atoms with van der Waals surface area (Å²) in [4.78, 5) is 4.11. The number of benzene rings is 1. The Morgan fingerprint density at radius 1 is 1.44 bits per heavy atom. The highest BCUT2D eigenvalue weighted by molar-refractivity contribution is 14.0. The molecule has 0 bridgehead atoms. The zero-order valence-corrected chi connectivity index (χ0v) is 17.2. The standard InChI is InChI=1S/C16H20FN3O3S.HI/c1-10-13-7-11(17)3-4-14(13)23-15(10)8-19-16(18-2)20-12-5-6-24(21,22)9-12;/h3-4,7,12H,5-6,8-9H2,1-2H3,(H2,18,19,20);1H. The van der Waals surface area contributed by atoms with Crippen molar-refractivity contribution in [3.63, 3.8) is 0 Å². The summed E-state index contributed by atoms with van der Waals surface area (Å²) in [7, 11) is -1.32. The van der Waals surface area contributed by atoms with Crippen molar-refractivity contribution in [2.24, 2.45) is 4.99 Å². The first-order valence-corrected chi connectivity index (χ1v) is 9.55. The molecule has 1 aliphatic rings. The molecule has 0 aliphatic carbocycles. The van der Waals surface area contributed by atoms with Crippen LogP contribution in [0.3, 0.4) is 0 Å². The second kappa shape index (κ2) is 7.90. The third kappa shape index (κ3) is 4.63. The Bertz CT molecular complexity index is 895. The minimum atomic E-state index is -2.94. The van der Waals surface area contributed by atoms with Crippen LogP contribution < -0.4 is 10.6 Å². The third-order valence-electron chi connectivity index (χ3n) is 4.21. The van der Waals surface area contributed by atoms with Gasteiger partial charge >= 0.3 is 0 Å². The van der Waals surface area contributed by atoms with Gasteiger partial charge in [0, 0.05) is 24.0 Å². The van der Waals surface area contributed by atoms with E-state index in [1.54, 1.807) is 13.1 Å². The zero-order valence-electron chi connectivity index (χ0n) is 14.0. The first kappa shape index (κ1) is 20.0. The van der Waals surface area contributed by atoms with Crippen molar-refractivity contribution >= 4 is 50.7 Å². The van der Waals surface area contributed by atoms with Crippen molar-refractivity contribution < 1.29 is 17.2 Å². The summed E-state index contributed by atoms with van der Waals surface area (Å²) in [6.45, 7) is 2.25. The Labute approximate surface area is 163 Å². The van der Waals surface area contributed by atoms with E-state index < -0.39 is 9.84 Å². The number of nitrogens with one attached hydrogen (secondary N) is 2. The van der Waals surface area contributed by atoms with Crippen LogP contribution in [-0.4, -0.2) is 39.0 Å². The Balaban J connectivity index is 0.00000225. The fourth-order valence-electron chi connectivity index (χ4n) is 2.87. The van der Waals surface area contributed by atoms with Gasteiger partial charge in [-0.3, -0.25) is 4.99 Å². The van der Waals surface area contributed by atoms with E-state index in [-0.39, 0.29) is 47.3 Å². The van der Waals surface area contributed by atoms with Gasteiger partial charge in [0.25, 0.3) is 0 Å². The fraction of sp³-hybridized carbons (Fsp3) is 0.438. The molecule has 0 spiro atoms. The quantitative estimate of drug-likeness (QED) is 0.400. The monoisotopic (exact) mass is 481 g/mol. The maximum absolute atomic E-state index is 13.3. The highest BCUT2D eigenvalue weighted by atomic mass is 127. The van der Waals surface area contributed by atoms with Crippen LogP contribution in [0.4, 0.5) is 4.39 Å².